The van der Waals surface area contributed by atoms with Crippen LogP contribution in [-0.2, 0) is 9.47 Å². The summed E-state index contributed by atoms with van der Waals surface area (Å²) in [5, 5.41) is 0. The van der Waals surface area contributed by atoms with Crippen molar-refractivity contribution >= 4 is 6.09 Å². The van der Waals surface area contributed by atoms with Gasteiger partial charge in [0.2, 0.25) is 0 Å². The van der Waals surface area contributed by atoms with Gasteiger partial charge in [-0.2, -0.15) is 0 Å². The van der Waals surface area contributed by atoms with Crippen LogP contribution in [0.3, 0.4) is 0 Å². The second kappa shape index (κ2) is 5.91. The van der Waals surface area contributed by atoms with Crippen molar-refractivity contribution in [3.8, 4) is 0 Å². The molecule has 1 heterocycles. The van der Waals surface area contributed by atoms with Gasteiger partial charge in [0.05, 0.1) is 12.1 Å². The van der Waals surface area contributed by atoms with Gasteiger partial charge in [0.25, 0.3) is 0 Å². The number of carbonyl (C=O) groups is 1. The van der Waals surface area contributed by atoms with Crippen LogP contribution in [0.2, 0.25) is 0 Å². The van der Waals surface area contributed by atoms with E-state index in [0.29, 0.717) is 0 Å². The van der Waals surface area contributed by atoms with Crippen LogP contribution in [0, 0.1) is 0 Å². The molecular weight excluding hydrogens is 230 g/mol. The van der Waals surface area contributed by atoms with E-state index < -0.39 is 5.60 Å². The minimum Gasteiger partial charge on any atom is -0.444 e. The summed E-state index contributed by atoms with van der Waals surface area (Å²) in [4.78, 5) is 14.2. The van der Waals surface area contributed by atoms with Crippen LogP contribution < -0.4 is 0 Å². The van der Waals surface area contributed by atoms with Gasteiger partial charge in [-0.25, -0.2) is 4.79 Å². The molecule has 1 aliphatic heterocycles. The molecule has 0 aliphatic carbocycles. The first-order chi connectivity index (χ1) is 8.34. The van der Waals surface area contributed by atoms with Gasteiger partial charge in [-0.1, -0.05) is 13.8 Å². The molecule has 18 heavy (non-hydrogen) atoms. The molecule has 1 fully saturated rings. The first-order valence-electron chi connectivity index (χ1n) is 6.88. The largest absolute Gasteiger partial charge is 0.444 e. The average Bonchev–Trinajstić information content (AvgIpc) is 2.64. The highest BCUT2D eigenvalue weighted by Crippen LogP contribution is 2.31. The Kier molecular flexibility index (Phi) is 5.02. The number of carbonyl (C=O) groups excluding carboxylic acids is 1. The number of ether oxygens (including phenoxy) is 2. The maximum atomic E-state index is 12.3. The summed E-state index contributed by atoms with van der Waals surface area (Å²) < 4.78 is 11.0. The third kappa shape index (κ3) is 3.37. The van der Waals surface area contributed by atoms with E-state index in [1.54, 1.807) is 7.11 Å². The van der Waals surface area contributed by atoms with Crippen LogP contribution in [0.4, 0.5) is 4.79 Å². The Morgan fingerprint density at radius 2 is 1.89 bits per heavy atom. The molecule has 0 aromatic rings. The van der Waals surface area contributed by atoms with Crippen molar-refractivity contribution in [2.24, 2.45) is 0 Å². The van der Waals surface area contributed by atoms with Gasteiger partial charge in [0.1, 0.15) is 5.60 Å². The van der Waals surface area contributed by atoms with E-state index in [9.17, 15) is 4.79 Å². The van der Waals surface area contributed by atoms with E-state index in [1.165, 1.54) is 0 Å². The normalized spacial score (nSPS) is 28.6. The lowest BCUT2D eigenvalue weighted by Crippen LogP contribution is -2.45. The molecule has 0 aromatic carbocycles. The van der Waals surface area contributed by atoms with Gasteiger partial charge in [0, 0.05) is 13.2 Å². The molecular formula is C14H27NO3. The van der Waals surface area contributed by atoms with E-state index in [1.807, 2.05) is 25.7 Å². The van der Waals surface area contributed by atoms with Crippen LogP contribution in [0.15, 0.2) is 0 Å². The molecule has 0 N–H and O–H groups in total. The van der Waals surface area contributed by atoms with Crippen molar-refractivity contribution in [2.45, 2.75) is 77.7 Å². The summed E-state index contributed by atoms with van der Waals surface area (Å²) in [6.45, 7) is 9.89. The summed E-state index contributed by atoms with van der Waals surface area (Å²) in [5.41, 5.74) is -0.446. The molecule has 1 rings (SSSR count). The molecule has 0 aromatic heterocycles. The predicted octanol–water partition coefficient (Wildman–Crippen LogP) is 3.20. The lowest BCUT2D eigenvalue weighted by atomic mass is 10.1. The van der Waals surface area contributed by atoms with Crippen LogP contribution >= 0.6 is 0 Å². The van der Waals surface area contributed by atoms with E-state index in [4.69, 9.17) is 9.47 Å². The fourth-order valence-electron chi connectivity index (χ4n) is 2.66. The molecule has 4 nitrogen and oxygen atoms in total. The van der Waals surface area contributed by atoms with E-state index in [2.05, 4.69) is 13.8 Å². The Balaban J connectivity index is 2.84. The van der Waals surface area contributed by atoms with Gasteiger partial charge in [-0.15, -0.1) is 0 Å². The van der Waals surface area contributed by atoms with Gasteiger partial charge >= 0.3 is 6.09 Å². The zero-order valence-corrected chi connectivity index (χ0v) is 12.5. The standard InChI is InChI=1S/C14H27NO3/c1-7-10-9-12(17-6)11(8-2)15(10)13(16)18-14(3,4)5/h10-12H,7-9H2,1-6H3/t10-,11+,12+/m0/s1. The summed E-state index contributed by atoms with van der Waals surface area (Å²) in [6.07, 6.45) is 2.67. The van der Waals surface area contributed by atoms with Crippen molar-refractivity contribution in [2.75, 3.05) is 7.11 Å². The summed E-state index contributed by atoms with van der Waals surface area (Å²) in [5.74, 6) is 0. The Bertz CT molecular complexity index is 285. The smallest absolute Gasteiger partial charge is 0.410 e. The second-order valence-corrected chi connectivity index (χ2v) is 5.94. The Morgan fingerprint density at radius 3 is 2.28 bits per heavy atom. The van der Waals surface area contributed by atoms with Gasteiger partial charge in [0.15, 0.2) is 0 Å². The number of nitrogens with zero attached hydrogens (tertiary/aromatic N) is 1. The number of rotatable bonds is 3. The van der Waals surface area contributed by atoms with Gasteiger partial charge in [-0.3, -0.25) is 4.90 Å². The fourth-order valence-corrected chi connectivity index (χ4v) is 2.66. The number of likely N-dealkylation sites (tertiary alicyclic amines) is 1. The van der Waals surface area contributed by atoms with Gasteiger partial charge < -0.3 is 9.47 Å². The third-order valence-electron chi connectivity index (χ3n) is 3.48. The summed E-state index contributed by atoms with van der Waals surface area (Å²) in [7, 11) is 1.72. The van der Waals surface area contributed by atoms with Crippen molar-refractivity contribution in [3.63, 3.8) is 0 Å². The summed E-state index contributed by atoms with van der Waals surface area (Å²) in [6, 6.07) is 0.365. The monoisotopic (exact) mass is 257 g/mol. The van der Waals surface area contributed by atoms with Crippen molar-refractivity contribution in [1.82, 2.24) is 4.90 Å². The Labute approximate surface area is 111 Å². The zero-order valence-electron chi connectivity index (χ0n) is 12.5. The molecule has 0 radical (unpaired) electrons. The fraction of sp³-hybridized carbons (Fsp3) is 0.929. The molecule has 1 amide bonds. The highest BCUT2D eigenvalue weighted by molar-refractivity contribution is 5.69. The number of hydrogen-bond acceptors (Lipinski definition) is 3. The molecule has 0 saturated carbocycles. The quantitative estimate of drug-likeness (QED) is 0.779. The van der Waals surface area contributed by atoms with Crippen LogP contribution in [-0.4, -0.2) is 41.9 Å². The number of hydrogen-bond donors (Lipinski definition) is 0. The average molecular weight is 257 g/mol. The minimum atomic E-state index is -0.446. The lowest BCUT2D eigenvalue weighted by Gasteiger charge is -2.32. The van der Waals surface area contributed by atoms with E-state index in [0.717, 1.165) is 19.3 Å². The number of amides is 1. The first kappa shape index (κ1) is 15.3. The third-order valence-corrected chi connectivity index (χ3v) is 3.48. The van der Waals surface area contributed by atoms with E-state index >= 15 is 0 Å². The Morgan fingerprint density at radius 1 is 1.28 bits per heavy atom. The van der Waals surface area contributed by atoms with Gasteiger partial charge in [-0.05, 0) is 40.0 Å². The molecule has 0 bridgehead atoms. The lowest BCUT2D eigenvalue weighted by molar-refractivity contribution is 0.00390. The molecule has 4 heteroatoms. The van der Waals surface area contributed by atoms with Crippen molar-refractivity contribution in [1.29, 1.82) is 0 Å². The van der Waals surface area contributed by atoms with Crippen molar-refractivity contribution < 1.29 is 14.3 Å². The first-order valence-corrected chi connectivity index (χ1v) is 6.88. The number of methoxy groups -OCH3 is 1. The molecule has 0 unspecified atom stereocenters. The van der Waals surface area contributed by atoms with Crippen LogP contribution in [0.25, 0.3) is 0 Å². The highest BCUT2D eigenvalue weighted by atomic mass is 16.6. The highest BCUT2D eigenvalue weighted by Gasteiger charge is 2.43. The molecule has 3 atom stereocenters. The zero-order chi connectivity index (χ0) is 13.9. The molecule has 1 aliphatic rings. The topological polar surface area (TPSA) is 38.8 Å². The van der Waals surface area contributed by atoms with Crippen LogP contribution in [0.1, 0.15) is 53.9 Å². The maximum absolute atomic E-state index is 12.3. The maximum Gasteiger partial charge on any atom is 0.410 e. The van der Waals surface area contributed by atoms with Crippen LogP contribution in [0.5, 0.6) is 0 Å². The SMILES string of the molecule is CC[C@H]1C[C@@H](OC)[C@@H](CC)N1C(=O)OC(C)(C)C. The molecule has 1 saturated heterocycles. The molecule has 106 valence electrons. The Hall–Kier alpha value is -0.770. The predicted molar refractivity (Wildman–Crippen MR) is 71.6 cm³/mol. The minimum absolute atomic E-state index is 0.132. The van der Waals surface area contributed by atoms with Crippen molar-refractivity contribution in [3.05, 3.63) is 0 Å². The van der Waals surface area contributed by atoms with E-state index in [-0.39, 0.29) is 24.3 Å². The second-order valence-electron chi connectivity index (χ2n) is 5.94. The summed E-state index contributed by atoms with van der Waals surface area (Å²) >= 11 is 0. The molecule has 0 spiro atoms.